The van der Waals surface area contributed by atoms with Crippen molar-refractivity contribution in [3.63, 3.8) is 0 Å². The fourth-order valence-electron chi connectivity index (χ4n) is 3.91. The maximum absolute atomic E-state index is 12.8. The zero-order valence-electron chi connectivity index (χ0n) is 19.9. The summed E-state index contributed by atoms with van der Waals surface area (Å²) < 4.78 is 22.2. The first kappa shape index (κ1) is 23.0. The molecule has 34 heavy (non-hydrogen) atoms. The third-order valence-electron chi connectivity index (χ3n) is 5.66. The van der Waals surface area contributed by atoms with Crippen molar-refractivity contribution in [3.8, 4) is 28.4 Å². The minimum absolute atomic E-state index is 0.260. The fraction of sp³-hybridized carbons (Fsp3) is 0.179. The van der Waals surface area contributed by atoms with Gasteiger partial charge in [-0.05, 0) is 60.9 Å². The molecule has 0 bridgehead atoms. The summed E-state index contributed by atoms with van der Waals surface area (Å²) in [4.78, 5) is 12.8. The average molecular weight is 458 g/mol. The third-order valence-corrected chi connectivity index (χ3v) is 5.66. The number of methoxy groups -OCH3 is 3. The van der Waals surface area contributed by atoms with Gasteiger partial charge in [0.25, 0.3) is 0 Å². The topological polar surface area (TPSA) is 69.9 Å². The summed E-state index contributed by atoms with van der Waals surface area (Å²) in [6.45, 7) is 3.84. The number of allylic oxidation sites excluding steroid dienone is 1. The highest BCUT2D eigenvalue weighted by molar-refractivity contribution is 6.06. The number of carbonyl (C=O) groups excluding carboxylic acids is 1. The number of amides is 1. The lowest BCUT2D eigenvalue weighted by Gasteiger charge is -2.12. The number of aryl methyl sites for hydroxylation is 1. The highest BCUT2D eigenvalue weighted by atomic mass is 16.5. The van der Waals surface area contributed by atoms with Gasteiger partial charge in [0.2, 0.25) is 5.91 Å². The van der Waals surface area contributed by atoms with E-state index in [-0.39, 0.29) is 5.91 Å². The Labute approximate surface area is 198 Å². The summed E-state index contributed by atoms with van der Waals surface area (Å²) in [5.41, 5.74) is 5.79. The normalized spacial score (nSPS) is 11.4. The second-order valence-corrected chi connectivity index (χ2v) is 7.95. The molecule has 0 atom stereocenters. The zero-order valence-corrected chi connectivity index (χ0v) is 19.9. The van der Waals surface area contributed by atoms with Crippen LogP contribution in [0.4, 0.5) is 5.69 Å². The van der Waals surface area contributed by atoms with Crippen LogP contribution in [0.2, 0.25) is 0 Å². The Bertz CT molecular complexity index is 1380. The minimum Gasteiger partial charge on any atom is -0.497 e. The highest BCUT2D eigenvalue weighted by Gasteiger charge is 2.16. The summed E-state index contributed by atoms with van der Waals surface area (Å²) in [6, 6.07) is 17.3. The Hall–Kier alpha value is -4.19. The van der Waals surface area contributed by atoms with Gasteiger partial charge in [-0.1, -0.05) is 18.2 Å². The molecule has 1 N–H and O–H groups in total. The Kier molecular flexibility index (Phi) is 6.59. The number of anilines is 1. The van der Waals surface area contributed by atoms with Crippen LogP contribution in [0, 0.1) is 6.92 Å². The van der Waals surface area contributed by atoms with Crippen LogP contribution in [-0.2, 0) is 4.79 Å². The second-order valence-electron chi connectivity index (χ2n) is 7.95. The Balaban J connectivity index is 1.71. The summed E-state index contributed by atoms with van der Waals surface area (Å²) in [6.07, 6.45) is 3.27. The second kappa shape index (κ2) is 9.75. The van der Waals surface area contributed by atoms with Crippen LogP contribution >= 0.6 is 0 Å². The SMILES string of the molecule is COc1cccc(-c2coc3cc(OC)c(/C(C)=C/C(=O)Nc4cc(C)ccc4OC)cc23)c1. The van der Waals surface area contributed by atoms with Crippen molar-refractivity contribution in [1.82, 2.24) is 0 Å². The fourth-order valence-corrected chi connectivity index (χ4v) is 3.91. The van der Waals surface area contributed by atoms with E-state index in [1.165, 1.54) is 0 Å². The molecule has 6 heteroatoms. The summed E-state index contributed by atoms with van der Waals surface area (Å²) >= 11 is 0. The van der Waals surface area contributed by atoms with Crippen molar-refractivity contribution in [3.05, 3.63) is 78.1 Å². The molecule has 4 aromatic rings. The molecule has 1 amide bonds. The molecule has 0 saturated heterocycles. The molecule has 1 heterocycles. The molecule has 0 fully saturated rings. The maximum atomic E-state index is 12.8. The first-order chi connectivity index (χ1) is 16.4. The molecule has 0 aliphatic rings. The lowest BCUT2D eigenvalue weighted by atomic mass is 9.99. The van der Waals surface area contributed by atoms with Crippen LogP contribution in [0.5, 0.6) is 17.2 Å². The van der Waals surface area contributed by atoms with Gasteiger partial charge < -0.3 is 23.9 Å². The standard InChI is InChI=1S/C28H27NO5/c1-17-9-10-25(32-4)24(11-17)29-28(30)12-18(2)21-14-22-23(16-34-27(22)15-26(21)33-5)19-7-6-8-20(13-19)31-3/h6-16H,1-5H3,(H,29,30)/b18-12+. The average Bonchev–Trinajstić information content (AvgIpc) is 3.26. The first-order valence-corrected chi connectivity index (χ1v) is 10.8. The van der Waals surface area contributed by atoms with Gasteiger partial charge in [-0.2, -0.15) is 0 Å². The number of nitrogens with one attached hydrogen (secondary N) is 1. The minimum atomic E-state index is -0.260. The zero-order chi connectivity index (χ0) is 24.2. The first-order valence-electron chi connectivity index (χ1n) is 10.8. The molecule has 0 aliphatic carbocycles. The molecule has 3 aromatic carbocycles. The van der Waals surface area contributed by atoms with Crippen LogP contribution in [0.1, 0.15) is 18.1 Å². The van der Waals surface area contributed by atoms with Crippen molar-refractivity contribution in [2.45, 2.75) is 13.8 Å². The van der Waals surface area contributed by atoms with Crippen LogP contribution in [0.3, 0.4) is 0 Å². The summed E-state index contributed by atoms with van der Waals surface area (Å²) in [5.74, 6) is 1.72. The molecule has 0 radical (unpaired) electrons. The van der Waals surface area contributed by atoms with E-state index in [0.29, 0.717) is 22.8 Å². The Morgan fingerprint density at radius 1 is 0.941 bits per heavy atom. The van der Waals surface area contributed by atoms with E-state index < -0.39 is 0 Å². The predicted octanol–water partition coefficient (Wildman–Crippen LogP) is 6.48. The van der Waals surface area contributed by atoms with Gasteiger partial charge in [0.05, 0.1) is 33.3 Å². The number of ether oxygens (including phenoxy) is 3. The Morgan fingerprint density at radius 2 is 1.74 bits per heavy atom. The molecule has 0 saturated carbocycles. The Morgan fingerprint density at radius 3 is 2.47 bits per heavy atom. The molecular weight excluding hydrogens is 430 g/mol. The number of carbonyl (C=O) groups is 1. The van der Waals surface area contributed by atoms with Crippen LogP contribution < -0.4 is 19.5 Å². The number of rotatable bonds is 7. The van der Waals surface area contributed by atoms with Gasteiger partial charge in [0, 0.05) is 28.7 Å². The van der Waals surface area contributed by atoms with E-state index in [1.807, 2.05) is 68.4 Å². The molecule has 174 valence electrons. The van der Waals surface area contributed by atoms with E-state index in [9.17, 15) is 4.79 Å². The van der Waals surface area contributed by atoms with Gasteiger partial charge >= 0.3 is 0 Å². The van der Waals surface area contributed by atoms with Gasteiger partial charge in [-0.15, -0.1) is 0 Å². The smallest absolute Gasteiger partial charge is 0.248 e. The molecule has 6 nitrogen and oxygen atoms in total. The molecule has 4 rings (SSSR count). The van der Waals surface area contributed by atoms with E-state index in [4.69, 9.17) is 18.6 Å². The quantitative estimate of drug-likeness (QED) is 0.322. The number of benzene rings is 3. The van der Waals surface area contributed by atoms with Crippen molar-refractivity contribution >= 4 is 28.1 Å². The molecular formula is C28H27NO5. The summed E-state index contributed by atoms with van der Waals surface area (Å²) in [5, 5.41) is 3.82. The van der Waals surface area contributed by atoms with Crippen LogP contribution in [0.25, 0.3) is 27.7 Å². The van der Waals surface area contributed by atoms with Crippen molar-refractivity contribution in [1.29, 1.82) is 0 Å². The van der Waals surface area contributed by atoms with E-state index in [1.54, 1.807) is 33.7 Å². The summed E-state index contributed by atoms with van der Waals surface area (Å²) in [7, 11) is 4.81. The number of fused-ring (bicyclic) bond motifs is 1. The molecule has 0 unspecified atom stereocenters. The van der Waals surface area contributed by atoms with Crippen LogP contribution in [-0.4, -0.2) is 27.2 Å². The lowest BCUT2D eigenvalue weighted by Crippen LogP contribution is -2.10. The van der Waals surface area contributed by atoms with Crippen LogP contribution in [0.15, 0.2) is 71.4 Å². The monoisotopic (exact) mass is 457 g/mol. The van der Waals surface area contributed by atoms with Crippen molar-refractivity contribution in [2.24, 2.45) is 0 Å². The van der Waals surface area contributed by atoms with Gasteiger partial charge in [0.15, 0.2) is 0 Å². The maximum Gasteiger partial charge on any atom is 0.248 e. The van der Waals surface area contributed by atoms with Crippen molar-refractivity contribution in [2.75, 3.05) is 26.6 Å². The van der Waals surface area contributed by atoms with Gasteiger partial charge in [-0.25, -0.2) is 0 Å². The lowest BCUT2D eigenvalue weighted by molar-refractivity contribution is -0.111. The van der Waals surface area contributed by atoms with E-state index in [2.05, 4.69) is 5.32 Å². The molecule has 1 aromatic heterocycles. The number of hydrogen-bond donors (Lipinski definition) is 1. The number of hydrogen-bond acceptors (Lipinski definition) is 5. The van der Waals surface area contributed by atoms with Gasteiger partial charge in [0.1, 0.15) is 22.8 Å². The molecule has 0 spiro atoms. The van der Waals surface area contributed by atoms with E-state index in [0.717, 1.165) is 39.0 Å². The van der Waals surface area contributed by atoms with E-state index >= 15 is 0 Å². The predicted molar refractivity (Wildman–Crippen MR) is 135 cm³/mol. The third kappa shape index (κ3) is 4.62. The largest absolute Gasteiger partial charge is 0.497 e. The molecule has 0 aliphatic heterocycles. The highest BCUT2D eigenvalue weighted by Crippen LogP contribution is 2.38. The van der Waals surface area contributed by atoms with Crippen molar-refractivity contribution < 1.29 is 23.4 Å². The number of furan rings is 1. The van der Waals surface area contributed by atoms with Gasteiger partial charge in [-0.3, -0.25) is 4.79 Å².